The molecule has 0 aliphatic rings. The largest absolute Gasteiger partial charge is 0.467 e. The summed E-state index contributed by atoms with van der Waals surface area (Å²) in [4.78, 5) is 26.9. The van der Waals surface area contributed by atoms with Crippen molar-refractivity contribution >= 4 is 23.6 Å². The van der Waals surface area contributed by atoms with Gasteiger partial charge < -0.3 is 14.8 Å². The van der Waals surface area contributed by atoms with E-state index in [0.29, 0.717) is 11.5 Å². The minimum Gasteiger partial charge on any atom is -0.467 e. The zero-order chi connectivity index (χ0) is 16.0. The quantitative estimate of drug-likeness (QED) is 0.829. The predicted molar refractivity (Wildman–Crippen MR) is 79.2 cm³/mol. The molecule has 0 aromatic carbocycles. The Kier molecular flexibility index (Phi) is 5.52. The third-order valence-electron chi connectivity index (χ3n) is 2.33. The second-order valence-electron chi connectivity index (χ2n) is 5.45. The van der Waals surface area contributed by atoms with Gasteiger partial charge in [-0.15, -0.1) is 0 Å². The van der Waals surface area contributed by atoms with E-state index in [1.807, 2.05) is 0 Å². The van der Waals surface area contributed by atoms with Crippen molar-refractivity contribution in [2.24, 2.45) is 0 Å². The maximum absolute atomic E-state index is 11.6. The van der Waals surface area contributed by atoms with E-state index in [2.05, 4.69) is 20.4 Å². The van der Waals surface area contributed by atoms with Crippen LogP contribution in [0, 0.1) is 0 Å². The van der Waals surface area contributed by atoms with Gasteiger partial charge in [-0.05, 0) is 39.8 Å². The number of pyridine rings is 1. The van der Waals surface area contributed by atoms with Crippen molar-refractivity contribution in [3.63, 3.8) is 0 Å². The SMILES string of the molecule is COC(=O)C(C)Nc1ccc(NC(=O)OC(C)(C)C)nc1. The van der Waals surface area contributed by atoms with Crippen LogP contribution in [-0.2, 0) is 14.3 Å². The Balaban J connectivity index is 2.58. The maximum Gasteiger partial charge on any atom is 0.413 e. The highest BCUT2D eigenvalue weighted by atomic mass is 16.6. The first-order chi connectivity index (χ1) is 9.71. The zero-order valence-electron chi connectivity index (χ0n) is 12.9. The maximum atomic E-state index is 11.6. The number of anilines is 2. The molecule has 1 atom stereocenters. The molecule has 1 heterocycles. The number of hydrogen-bond donors (Lipinski definition) is 2. The van der Waals surface area contributed by atoms with Gasteiger partial charge in [0.15, 0.2) is 0 Å². The summed E-state index contributed by atoms with van der Waals surface area (Å²) < 4.78 is 9.73. The van der Waals surface area contributed by atoms with Gasteiger partial charge in [-0.3, -0.25) is 5.32 Å². The Bertz CT molecular complexity index is 494. The molecular formula is C14H21N3O4. The predicted octanol–water partition coefficient (Wildman–Crippen LogP) is 2.40. The van der Waals surface area contributed by atoms with Gasteiger partial charge >= 0.3 is 12.1 Å². The van der Waals surface area contributed by atoms with Crippen molar-refractivity contribution in [3.8, 4) is 0 Å². The van der Waals surface area contributed by atoms with Crippen LogP contribution in [0.15, 0.2) is 18.3 Å². The Morgan fingerprint density at radius 3 is 2.43 bits per heavy atom. The number of amides is 1. The van der Waals surface area contributed by atoms with Crippen LogP contribution >= 0.6 is 0 Å². The summed E-state index contributed by atoms with van der Waals surface area (Å²) in [7, 11) is 1.33. The van der Waals surface area contributed by atoms with E-state index in [4.69, 9.17) is 4.74 Å². The Morgan fingerprint density at radius 2 is 1.95 bits per heavy atom. The van der Waals surface area contributed by atoms with Crippen LogP contribution in [0.1, 0.15) is 27.7 Å². The van der Waals surface area contributed by atoms with Crippen LogP contribution in [0.4, 0.5) is 16.3 Å². The molecule has 21 heavy (non-hydrogen) atoms. The number of carbonyl (C=O) groups is 2. The second kappa shape index (κ2) is 6.92. The summed E-state index contributed by atoms with van der Waals surface area (Å²) in [6.45, 7) is 7.02. The van der Waals surface area contributed by atoms with Gasteiger partial charge in [0.1, 0.15) is 17.5 Å². The molecule has 0 spiro atoms. The average Bonchev–Trinajstić information content (AvgIpc) is 2.37. The van der Waals surface area contributed by atoms with Gasteiger partial charge in [-0.25, -0.2) is 14.6 Å². The topological polar surface area (TPSA) is 89.6 Å². The molecule has 7 heteroatoms. The molecule has 0 fully saturated rings. The van der Waals surface area contributed by atoms with Crippen LogP contribution in [0.2, 0.25) is 0 Å². The monoisotopic (exact) mass is 295 g/mol. The van der Waals surface area contributed by atoms with Crippen molar-refractivity contribution in [2.75, 3.05) is 17.7 Å². The minimum absolute atomic E-state index is 0.362. The molecule has 0 bridgehead atoms. The number of methoxy groups -OCH3 is 1. The fourth-order valence-electron chi connectivity index (χ4n) is 1.45. The van der Waals surface area contributed by atoms with Gasteiger partial charge in [-0.2, -0.15) is 0 Å². The molecule has 1 aromatic rings. The molecule has 0 radical (unpaired) electrons. The van der Waals surface area contributed by atoms with Crippen LogP contribution in [0.5, 0.6) is 0 Å². The molecule has 2 N–H and O–H groups in total. The van der Waals surface area contributed by atoms with Gasteiger partial charge in [0.05, 0.1) is 19.0 Å². The lowest BCUT2D eigenvalue weighted by Gasteiger charge is -2.19. The van der Waals surface area contributed by atoms with E-state index in [9.17, 15) is 9.59 Å². The van der Waals surface area contributed by atoms with Gasteiger partial charge in [0, 0.05) is 0 Å². The third-order valence-corrected chi connectivity index (χ3v) is 2.33. The van der Waals surface area contributed by atoms with E-state index in [1.165, 1.54) is 13.3 Å². The number of esters is 1. The number of ether oxygens (including phenoxy) is 2. The lowest BCUT2D eigenvalue weighted by molar-refractivity contribution is -0.141. The standard InChI is InChI=1S/C14H21N3O4/c1-9(12(18)20-5)16-10-6-7-11(15-8-10)17-13(19)21-14(2,3)4/h6-9,16H,1-5H3,(H,15,17,19). The lowest BCUT2D eigenvalue weighted by atomic mass is 10.2. The van der Waals surface area contributed by atoms with Crippen LogP contribution in [0.3, 0.4) is 0 Å². The molecule has 116 valence electrons. The molecule has 0 aliphatic carbocycles. The number of hydrogen-bond acceptors (Lipinski definition) is 6. The van der Waals surface area contributed by atoms with Crippen LogP contribution < -0.4 is 10.6 Å². The van der Waals surface area contributed by atoms with Gasteiger partial charge in [0.25, 0.3) is 0 Å². The number of carbonyl (C=O) groups excluding carboxylic acids is 2. The van der Waals surface area contributed by atoms with Crippen molar-refractivity contribution < 1.29 is 19.1 Å². The zero-order valence-corrected chi connectivity index (χ0v) is 12.9. The minimum atomic E-state index is -0.571. The third kappa shape index (κ3) is 6.11. The van der Waals surface area contributed by atoms with E-state index in [1.54, 1.807) is 39.8 Å². The Morgan fingerprint density at radius 1 is 1.29 bits per heavy atom. The summed E-state index contributed by atoms with van der Waals surface area (Å²) in [6, 6.07) is 2.82. The van der Waals surface area contributed by atoms with Crippen LogP contribution in [0.25, 0.3) is 0 Å². The number of aromatic nitrogens is 1. The van der Waals surface area contributed by atoms with E-state index in [0.717, 1.165) is 0 Å². The smallest absolute Gasteiger partial charge is 0.413 e. The van der Waals surface area contributed by atoms with E-state index >= 15 is 0 Å². The molecule has 1 aromatic heterocycles. The molecule has 7 nitrogen and oxygen atoms in total. The first-order valence-electron chi connectivity index (χ1n) is 6.51. The molecule has 1 rings (SSSR count). The van der Waals surface area contributed by atoms with E-state index < -0.39 is 17.7 Å². The Hall–Kier alpha value is -2.31. The normalized spacial score (nSPS) is 12.2. The highest BCUT2D eigenvalue weighted by Crippen LogP contribution is 2.13. The fraction of sp³-hybridized carbons (Fsp3) is 0.500. The molecule has 0 aliphatic heterocycles. The highest BCUT2D eigenvalue weighted by molar-refractivity contribution is 5.84. The first-order valence-corrected chi connectivity index (χ1v) is 6.51. The second-order valence-corrected chi connectivity index (χ2v) is 5.45. The number of nitrogens with zero attached hydrogens (tertiary/aromatic N) is 1. The average molecular weight is 295 g/mol. The molecule has 1 unspecified atom stereocenters. The first kappa shape index (κ1) is 16.7. The Labute approximate surface area is 124 Å². The summed E-state index contributed by atoms with van der Waals surface area (Å²) in [5.41, 5.74) is 0.0734. The van der Waals surface area contributed by atoms with Crippen molar-refractivity contribution in [3.05, 3.63) is 18.3 Å². The molecule has 1 amide bonds. The summed E-state index contributed by atoms with van der Waals surface area (Å²) in [5.74, 6) is -0.00789. The molecular weight excluding hydrogens is 274 g/mol. The van der Waals surface area contributed by atoms with Crippen LogP contribution in [-0.4, -0.2) is 35.8 Å². The van der Waals surface area contributed by atoms with Crippen molar-refractivity contribution in [1.82, 2.24) is 4.98 Å². The fourth-order valence-corrected chi connectivity index (χ4v) is 1.45. The number of rotatable bonds is 4. The van der Waals surface area contributed by atoms with E-state index in [-0.39, 0.29) is 5.97 Å². The lowest BCUT2D eigenvalue weighted by Crippen LogP contribution is -2.28. The molecule has 0 saturated heterocycles. The van der Waals surface area contributed by atoms with Gasteiger partial charge in [0.2, 0.25) is 0 Å². The van der Waals surface area contributed by atoms with Crippen molar-refractivity contribution in [2.45, 2.75) is 39.3 Å². The summed E-state index contributed by atoms with van der Waals surface area (Å²) in [6.07, 6.45) is 0.935. The van der Waals surface area contributed by atoms with Crippen molar-refractivity contribution in [1.29, 1.82) is 0 Å². The molecule has 0 saturated carbocycles. The summed E-state index contributed by atoms with van der Waals surface area (Å²) in [5, 5.41) is 5.45. The highest BCUT2D eigenvalue weighted by Gasteiger charge is 2.16. The summed E-state index contributed by atoms with van der Waals surface area (Å²) >= 11 is 0. The van der Waals surface area contributed by atoms with Gasteiger partial charge in [-0.1, -0.05) is 0 Å². The number of nitrogens with one attached hydrogen (secondary N) is 2.